The summed E-state index contributed by atoms with van der Waals surface area (Å²) in [6, 6.07) is 16.7. The molecular formula is C21H21FN2O. The van der Waals surface area contributed by atoms with Gasteiger partial charge in [0.1, 0.15) is 5.82 Å². The Kier molecular flexibility index (Phi) is 4.26. The van der Waals surface area contributed by atoms with Crippen LogP contribution in [-0.4, -0.2) is 28.9 Å². The molecule has 1 fully saturated rings. The van der Waals surface area contributed by atoms with Crippen LogP contribution in [0.4, 0.5) is 4.39 Å². The van der Waals surface area contributed by atoms with Gasteiger partial charge in [0.15, 0.2) is 0 Å². The van der Waals surface area contributed by atoms with E-state index in [1.54, 1.807) is 12.1 Å². The summed E-state index contributed by atoms with van der Waals surface area (Å²) >= 11 is 0. The number of H-pyrrole nitrogens is 1. The molecule has 0 bridgehead atoms. The average Bonchev–Trinajstić information content (AvgIpc) is 3.08. The van der Waals surface area contributed by atoms with Gasteiger partial charge in [-0.25, -0.2) is 4.39 Å². The van der Waals surface area contributed by atoms with Crippen LogP contribution >= 0.6 is 0 Å². The molecule has 0 aliphatic carbocycles. The average molecular weight is 336 g/mol. The number of carbonyl (C=O) groups is 1. The van der Waals surface area contributed by atoms with Crippen molar-refractivity contribution in [3.05, 3.63) is 71.7 Å². The predicted molar refractivity (Wildman–Crippen MR) is 97.0 cm³/mol. The molecule has 1 saturated heterocycles. The summed E-state index contributed by atoms with van der Waals surface area (Å²) < 4.78 is 13.0. The van der Waals surface area contributed by atoms with Crippen molar-refractivity contribution in [3.8, 4) is 0 Å². The minimum atomic E-state index is -0.268. The minimum Gasteiger partial charge on any atom is -0.358 e. The summed E-state index contributed by atoms with van der Waals surface area (Å²) in [5.41, 5.74) is 3.31. The van der Waals surface area contributed by atoms with Crippen molar-refractivity contribution < 1.29 is 9.18 Å². The number of benzene rings is 2. The summed E-state index contributed by atoms with van der Waals surface area (Å²) in [6.07, 6.45) is 2.29. The maximum atomic E-state index is 13.0. The highest BCUT2D eigenvalue weighted by Crippen LogP contribution is 2.30. The lowest BCUT2D eigenvalue weighted by molar-refractivity contribution is -0.131. The third-order valence-corrected chi connectivity index (χ3v) is 5.11. The van der Waals surface area contributed by atoms with Gasteiger partial charge in [-0.1, -0.05) is 30.3 Å². The molecule has 2 heterocycles. The lowest BCUT2D eigenvalue weighted by atomic mass is 9.93. The van der Waals surface area contributed by atoms with E-state index in [-0.39, 0.29) is 11.7 Å². The number of hydrogen-bond acceptors (Lipinski definition) is 1. The largest absolute Gasteiger partial charge is 0.358 e. The number of nitrogens with one attached hydrogen (secondary N) is 1. The standard InChI is InChI=1S/C21H21FN2O/c22-18-7-5-15(6-8-18)13-21(25)24-11-9-16(10-12-24)20-14-17-3-1-2-4-19(17)23-20/h1-8,14,16,23H,9-13H2. The zero-order valence-electron chi connectivity index (χ0n) is 14.0. The highest BCUT2D eigenvalue weighted by atomic mass is 19.1. The van der Waals surface area contributed by atoms with Crippen molar-refractivity contribution >= 4 is 16.8 Å². The zero-order chi connectivity index (χ0) is 17.2. The highest BCUT2D eigenvalue weighted by molar-refractivity contribution is 5.80. The molecule has 4 rings (SSSR count). The first-order chi connectivity index (χ1) is 12.2. The van der Waals surface area contributed by atoms with Gasteiger partial charge in [-0.3, -0.25) is 4.79 Å². The Bertz CT molecular complexity index is 843. The number of nitrogens with zero attached hydrogens (tertiary/aromatic N) is 1. The Morgan fingerprint density at radius 2 is 1.80 bits per heavy atom. The van der Waals surface area contributed by atoms with Crippen LogP contribution in [0.15, 0.2) is 54.6 Å². The number of carbonyl (C=O) groups excluding carboxylic acids is 1. The van der Waals surface area contributed by atoms with E-state index >= 15 is 0 Å². The topological polar surface area (TPSA) is 36.1 Å². The lowest BCUT2D eigenvalue weighted by Gasteiger charge is -2.31. The third-order valence-electron chi connectivity index (χ3n) is 5.11. The van der Waals surface area contributed by atoms with Gasteiger partial charge in [-0.2, -0.15) is 0 Å². The second-order valence-electron chi connectivity index (χ2n) is 6.77. The van der Waals surface area contributed by atoms with Crippen LogP contribution in [0.5, 0.6) is 0 Å². The third kappa shape index (κ3) is 3.43. The fourth-order valence-corrected chi connectivity index (χ4v) is 3.64. The minimum absolute atomic E-state index is 0.127. The molecule has 128 valence electrons. The summed E-state index contributed by atoms with van der Waals surface area (Å²) in [5.74, 6) is 0.333. The number of aromatic amines is 1. The smallest absolute Gasteiger partial charge is 0.226 e. The Labute approximate surface area is 146 Å². The number of aromatic nitrogens is 1. The summed E-state index contributed by atoms with van der Waals surface area (Å²) in [7, 11) is 0. The van der Waals surface area contributed by atoms with Crippen LogP contribution in [0.25, 0.3) is 10.9 Å². The first kappa shape index (κ1) is 15.9. The Balaban J connectivity index is 1.37. The van der Waals surface area contributed by atoms with E-state index in [0.717, 1.165) is 31.5 Å². The van der Waals surface area contributed by atoms with E-state index in [1.165, 1.54) is 28.7 Å². The Hall–Kier alpha value is -2.62. The molecule has 0 saturated carbocycles. The molecule has 3 nitrogen and oxygen atoms in total. The van der Waals surface area contributed by atoms with Crippen molar-refractivity contribution in [3.63, 3.8) is 0 Å². The number of likely N-dealkylation sites (tertiary alicyclic amines) is 1. The SMILES string of the molecule is O=C(Cc1ccc(F)cc1)N1CCC(c2cc3ccccc3[nH]2)CC1. The second-order valence-corrected chi connectivity index (χ2v) is 6.77. The van der Waals surface area contributed by atoms with E-state index in [0.29, 0.717) is 12.3 Å². The first-order valence-electron chi connectivity index (χ1n) is 8.79. The van der Waals surface area contributed by atoms with Gasteiger partial charge >= 0.3 is 0 Å². The van der Waals surface area contributed by atoms with Gasteiger partial charge in [-0.15, -0.1) is 0 Å². The molecule has 1 aliphatic rings. The number of piperidine rings is 1. The molecule has 4 heteroatoms. The second kappa shape index (κ2) is 6.71. The molecule has 0 atom stereocenters. The van der Waals surface area contributed by atoms with Crippen LogP contribution in [0.3, 0.4) is 0 Å². The Morgan fingerprint density at radius 3 is 2.52 bits per heavy atom. The molecule has 1 N–H and O–H groups in total. The monoisotopic (exact) mass is 336 g/mol. The van der Waals surface area contributed by atoms with E-state index < -0.39 is 0 Å². The quantitative estimate of drug-likeness (QED) is 0.762. The Morgan fingerprint density at radius 1 is 1.08 bits per heavy atom. The maximum absolute atomic E-state index is 13.0. The fraction of sp³-hybridized carbons (Fsp3) is 0.286. The number of rotatable bonds is 3. The summed E-state index contributed by atoms with van der Waals surface area (Å²) in [6.45, 7) is 1.56. The molecule has 2 aromatic carbocycles. The van der Waals surface area contributed by atoms with Crippen LogP contribution in [0.1, 0.15) is 30.0 Å². The molecule has 25 heavy (non-hydrogen) atoms. The van der Waals surface area contributed by atoms with E-state index in [1.807, 2.05) is 11.0 Å². The van der Waals surface area contributed by atoms with Crippen molar-refractivity contribution in [2.75, 3.05) is 13.1 Å². The van der Waals surface area contributed by atoms with Gasteiger partial charge in [0.2, 0.25) is 5.91 Å². The summed E-state index contributed by atoms with van der Waals surface area (Å²) in [5, 5.41) is 1.24. The molecule has 1 amide bonds. The van der Waals surface area contributed by atoms with Gasteiger partial charge in [-0.05, 0) is 48.1 Å². The maximum Gasteiger partial charge on any atom is 0.226 e. The van der Waals surface area contributed by atoms with Crippen molar-refractivity contribution in [1.29, 1.82) is 0 Å². The van der Waals surface area contributed by atoms with Gasteiger partial charge in [0.05, 0.1) is 6.42 Å². The van der Waals surface area contributed by atoms with Crippen LogP contribution in [0.2, 0.25) is 0 Å². The summed E-state index contributed by atoms with van der Waals surface area (Å²) in [4.78, 5) is 17.9. The highest BCUT2D eigenvalue weighted by Gasteiger charge is 2.24. The predicted octanol–water partition coefficient (Wildman–Crippen LogP) is 4.26. The molecule has 0 unspecified atom stereocenters. The molecular weight excluding hydrogens is 315 g/mol. The molecule has 0 radical (unpaired) electrons. The van der Waals surface area contributed by atoms with Gasteiger partial charge in [0.25, 0.3) is 0 Å². The van der Waals surface area contributed by atoms with Crippen LogP contribution in [-0.2, 0) is 11.2 Å². The van der Waals surface area contributed by atoms with E-state index in [9.17, 15) is 9.18 Å². The van der Waals surface area contributed by atoms with Crippen molar-refractivity contribution in [2.45, 2.75) is 25.2 Å². The zero-order valence-corrected chi connectivity index (χ0v) is 14.0. The van der Waals surface area contributed by atoms with Crippen LogP contribution in [0, 0.1) is 5.82 Å². The first-order valence-corrected chi connectivity index (χ1v) is 8.79. The number of fused-ring (bicyclic) bond motifs is 1. The molecule has 1 aromatic heterocycles. The molecule has 0 spiro atoms. The normalized spacial score (nSPS) is 15.6. The number of halogens is 1. The van der Waals surface area contributed by atoms with E-state index in [4.69, 9.17) is 0 Å². The van der Waals surface area contributed by atoms with Crippen molar-refractivity contribution in [1.82, 2.24) is 9.88 Å². The van der Waals surface area contributed by atoms with Crippen molar-refractivity contribution in [2.24, 2.45) is 0 Å². The number of para-hydroxylation sites is 1. The molecule has 1 aliphatic heterocycles. The lowest BCUT2D eigenvalue weighted by Crippen LogP contribution is -2.38. The number of hydrogen-bond donors (Lipinski definition) is 1. The van der Waals surface area contributed by atoms with E-state index in [2.05, 4.69) is 29.2 Å². The van der Waals surface area contributed by atoms with Gasteiger partial charge in [0, 0.05) is 30.2 Å². The fourth-order valence-electron chi connectivity index (χ4n) is 3.64. The number of amides is 1. The molecule has 3 aromatic rings. The van der Waals surface area contributed by atoms with Gasteiger partial charge < -0.3 is 9.88 Å². The van der Waals surface area contributed by atoms with Crippen LogP contribution < -0.4 is 0 Å².